The predicted molar refractivity (Wildman–Crippen MR) is 109 cm³/mol. The Kier molecular flexibility index (Phi) is 15.4. The molecule has 1 rings (SSSR count). The highest BCUT2D eigenvalue weighted by Gasteiger charge is 2.39. The van der Waals surface area contributed by atoms with Crippen LogP contribution in [0.25, 0.3) is 0 Å². The minimum atomic E-state index is -1.02. The summed E-state index contributed by atoms with van der Waals surface area (Å²) in [5.74, 6) is 0. The summed E-state index contributed by atoms with van der Waals surface area (Å²) >= 11 is 0. The maximum atomic E-state index is 9.93. The number of hydrogen-bond acceptors (Lipinski definition) is 5. The van der Waals surface area contributed by atoms with Crippen molar-refractivity contribution in [2.45, 2.75) is 121 Å². The van der Waals surface area contributed by atoms with Crippen LogP contribution in [-0.4, -0.2) is 59.6 Å². The van der Waals surface area contributed by atoms with Gasteiger partial charge in [0.2, 0.25) is 0 Å². The summed E-state index contributed by atoms with van der Waals surface area (Å²) in [5.41, 5.74) is 0. The van der Waals surface area contributed by atoms with Gasteiger partial charge in [0.1, 0.15) is 24.4 Å². The van der Waals surface area contributed by atoms with Crippen LogP contribution in [0, 0.1) is 0 Å². The van der Waals surface area contributed by atoms with E-state index >= 15 is 0 Å². The fourth-order valence-electron chi connectivity index (χ4n) is 3.66. The third-order valence-corrected chi connectivity index (χ3v) is 5.50. The Labute approximate surface area is 166 Å². The summed E-state index contributed by atoms with van der Waals surface area (Å²) in [7, 11) is 0. The molecule has 0 aromatic heterocycles. The minimum absolute atomic E-state index is 0.0713. The van der Waals surface area contributed by atoms with Crippen LogP contribution in [0.4, 0.5) is 0 Å². The Morgan fingerprint density at radius 3 is 1.74 bits per heavy atom. The van der Waals surface area contributed by atoms with Crippen LogP contribution in [-0.2, 0) is 9.47 Å². The van der Waals surface area contributed by atoms with Crippen molar-refractivity contribution in [3.63, 3.8) is 0 Å². The molecule has 5 nitrogen and oxygen atoms in total. The molecule has 5 heteroatoms. The van der Waals surface area contributed by atoms with Crippen molar-refractivity contribution < 1.29 is 24.8 Å². The van der Waals surface area contributed by atoms with Gasteiger partial charge in [0.05, 0.1) is 13.2 Å². The Balaban J connectivity index is 1.77. The van der Waals surface area contributed by atoms with E-state index in [1.807, 2.05) is 0 Å². The topological polar surface area (TPSA) is 79.2 Å². The quantitative estimate of drug-likeness (QED) is 0.310. The van der Waals surface area contributed by atoms with Gasteiger partial charge >= 0.3 is 0 Å². The van der Waals surface area contributed by atoms with Gasteiger partial charge in [0.25, 0.3) is 0 Å². The van der Waals surface area contributed by atoms with E-state index in [0.717, 1.165) is 12.8 Å². The summed E-state index contributed by atoms with van der Waals surface area (Å²) in [6.07, 6.45) is 15.1. The van der Waals surface area contributed by atoms with Crippen molar-refractivity contribution >= 4 is 0 Å². The van der Waals surface area contributed by atoms with E-state index in [2.05, 4.69) is 6.92 Å². The van der Waals surface area contributed by atoms with Gasteiger partial charge in [-0.2, -0.15) is 0 Å². The van der Waals surface area contributed by atoms with E-state index in [4.69, 9.17) is 9.47 Å². The fraction of sp³-hybridized carbons (Fsp3) is 1.00. The lowest BCUT2D eigenvalue weighted by Gasteiger charge is -2.20. The zero-order valence-corrected chi connectivity index (χ0v) is 17.5. The maximum Gasteiger partial charge on any atom is 0.114 e. The van der Waals surface area contributed by atoms with Gasteiger partial charge < -0.3 is 24.8 Å². The first kappa shape index (κ1) is 24.8. The summed E-state index contributed by atoms with van der Waals surface area (Å²) in [4.78, 5) is 0. The molecule has 0 unspecified atom stereocenters. The van der Waals surface area contributed by atoms with Crippen molar-refractivity contribution in [2.24, 2.45) is 0 Å². The highest BCUT2D eigenvalue weighted by molar-refractivity contribution is 4.87. The maximum absolute atomic E-state index is 9.93. The number of ether oxygens (including phenoxy) is 2. The van der Waals surface area contributed by atoms with Crippen LogP contribution in [0.15, 0.2) is 0 Å². The molecule has 162 valence electrons. The average Bonchev–Trinajstić information content (AvgIpc) is 3.00. The largest absolute Gasteiger partial charge is 0.388 e. The molecule has 0 aliphatic carbocycles. The SMILES string of the molecule is CCCCCCCCCCCCCCCCOC[C@H](O)[C@@H]1OC[C@@H](O)[C@@H]1O. The second kappa shape index (κ2) is 16.7. The lowest BCUT2D eigenvalue weighted by Crippen LogP contribution is -2.40. The first-order valence-electron chi connectivity index (χ1n) is 11.4. The van der Waals surface area contributed by atoms with Crippen molar-refractivity contribution in [1.29, 1.82) is 0 Å². The Morgan fingerprint density at radius 2 is 1.30 bits per heavy atom. The van der Waals surface area contributed by atoms with Gasteiger partial charge in [0.15, 0.2) is 0 Å². The smallest absolute Gasteiger partial charge is 0.114 e. The molecule has 0 bridgehead atoms. The summed E-state index contributed by atoms with van der Waals surface area (Å²) in [5, 5.41) is 29.0. The fourth-order valence-corrected chi connectivity index (χ4v) is 3.66. The molecule has 1 heterocycles. The van der Waals surface area contributed by atoms with Crippen molar-refractivity contribution in [3.05, 3.63) is 0 Å². The predicted octanol–water partition coefficient (Wildman–Crippen LogP) is 3.97. The molecule has 0 radical (unpaired) electrons. The number of aliphatic hydroxyl groups excluding tert-OH is 3. The number of aliphatic hydroxyl groups is 3. The lowest BCUT2D eigenvalue weighted by atomic mass is 10.0. The Hall–Kier alpha value is -0.200. The second-order valence-corrected chi connectivity index (χ2v) is 8.09. The molecule has 0 amide bonds. The van der Waals surface area contributed by atoms with Gasteiger partial charge in [-0.25, -0.2) is 0 Å². The molecule has 4 atom stereocenters. The normalized spacial score (nSPS) is 23.8. The molecule has 27 heavy (non-hydrogen) atoms. The van der Waals surface area contributed by atoms with Crippen LogP contribution in [0.1, 0.15) is 96.8 Å². The lowest BCUT2D eigenvalue weighted by molar-refractivity contribution is -0.0813. The number of hydrogen-bond donors (Lipinski definition) is 3. The number of unbranched alkanes of at least 4 members (excludes halogenated alkanes) is 13. The summed E-state index contributed by atoms with van der Waals surface area (Å²) < 4.78 is 10.7. The Bertz CT molecular complexity index is 326. The van der Waals surface area contributed by atoms with E-state index in [1.165, 1.54) is 77.0 Å². The monoisotopic (exact) mass is 388 g/mol. The highest BCUT2D eigenvalue weighted by Crippen LogP contribution is 2.18. The van der Waals surface area contributed by atoms with Crippen LogP contribution < -0.4 is 0 Å². The average molecular weight is 389 g/mol. The van der Waals surface area contributed by atoms with E-state index in [0.29, 0.717) is 6.61 Å². The zero-order chi connectivity index (χ0) is 19.7. The van der Waals surface area contributed by atoms with Crippen LogP contribution in [0.3, 0.4) is 0 Å². The molecule has 1 fully saturated rings. The molecule has 0 aromatic carbocycles. The van der Waals surface area contributed by atoms with Crippen LogP contribution in [0.5, 0.6) is 0 Å². The molecule has 0 saturated carbocycles. The van der Waals surface area contributed by atoms with Gasteiger partial charge in [-0.1, -0.05) is 90.4 Å². The van der Waals surface area contributed by atoms with Gasteiger partial charge in [-0.05, 0) is 6.42 Å². The summed E-state index contributed by atoms with van der Waals surface area (Å²) in [6.45, 7) is 3.11. The molecule has 1 saturated heterocycles. The molecule has 1 aliphatic heterocycles. The van der Waals surface area contributed by atoms with Gasteiger partial charge in [-0.15, -0.1) is 0 Å². The highest BCUT2D eigenvalue weighted by atomic mass is 16.5. The van der Waals surface area contributed by atoms with Crippen molar-refractivity contribution in [1.82, 2.24) is 0 Å². The molecule has 0 aromatic rings. The van der Waals surface area contributed by atoms with E-state index in [-0.39, 0.29) is 13.2 Å². The second-order valence-electron chi connectivity index (χ2n) is 8.09. The first-order valence-corrected chi connectivity index (χ1v) is 11.4. The third-order valence-electron chi connectivity index (χ3n) is 5.50. The summed E-state index contributed by atoms with van der Waals surface area (Å²) in [6, 6.07) is 0. The van der Waals surface area contributed by atoms with E-state index in [1.54, 1.807) is 0 Å². The van der Waals surface area contributed by atoms with E-state index < -0.39 is 24.4 Å². The zero-order valence-electron chi connectivity index (χ0n) is 17.5. The Morgan fingerprint density at radius 1 is 0.815 bits per heavy atom. The van der Waals surface area contributed by atoms with Crippen LogP contribution in [0.2, 0.25) is 0 Å². The third kappa shape index (κ3) is 12.1. The first-order chi connectivity index (χ1) is 13.2. The molecule has 3 N–H and O–H groups in total. The number of rotatable bonds is 18. The van der Waals surface area contributed by atoms with Crippen LogP contribution >= 0.6 is 0 Å². The van der Waals surface area contributed by atoms with Crippen molar-refractivity contribution in [2.75, 3.05) is 19.8 Å². The van der Waals surface area contributed by atoms with E-state index in [9.17, 15) is 15.3 Å². The minimum Gasteiger partial charge on any atom is -0.388 e. The molecular formula is C22H44O5. The standard InChI is InChI=1S/C22H44O5/c1-2-3-4-5-6-7-8-9-10-11-12-13-14-15-16-26-17-20(24)22-21(25)19(23)18-27-22/h19-25H,2-18H2,1H3/t19-,20+,21+,22+/m1/s1. The van der Waals surface area contributed by atoms with Gasteiger partial charge in [0, 0.05) is 6.61 Å². The molecule has 0 spiro atoms. The van der Waals surface area contributed by atoms with Gasteiger partial charge in [-0.3, -0.25) is 0 Å². The molecular weight excluding hydrogens is 344 g/mol. The molecule has 1 aliphatic rings. The van der Waals surface area contributed by atoms with Crippen molar-refractivity contribution in [3.8, 4) is 0 Å².